The molecule has 0 aliphatic heterocycles. The van der Waals surface area contributed by atoms with E-state index in [0.29, 0.717) is 11.4 Å². The Hall–Kier alpha value is -2.21. The van der Waals surface area contributed by atoms with E-state index in [0.717, 1.165) is 10.6 Å². The molecule has 5 nitrogen and oxygen atoms in total. The minimum atomic E-state index is -0.265. The summed E-state index contributed by atoms with van der Waals surface area (Å²) in [7, 11) is 1.58. The Kier molecular flexibility index (Phi) is 4.47. The van der Waals surface area contributed by atoms with Gasteiger partial charge in [-0.3, -0.25) is 9.59 Å². The predicted molar refractivity (Wildman–Crippen MR) is 79.0 cm³/mol. The molecule has 0 radical (unpaired) electrons. The van der Waals surface area contributed by atoms with Gasteiger partial charge in [0.2, 0.25) is 5.91 Å². The Morgan fingerprint density at radius 3 is 2.70 bits per heavy atom. The highest BCUT2D eigenvalue weighted by atomic mass is 32.1. The second kappa shape index (κ2) is 6.29. The van der Waals surface area contributed by atoms with Gasteiger partial charge >= 0.3 is 0 Å². The maximum absolute atomic E-state index is 12.1. The fraction of sp³-hybridized carbons (Fsp3) is 0.214. The molecule has 0 bridgehead atoms. The summed E-state index contributed by atoms with van der Waals surface area (Å²) in [5, 5.41) is 7.92. The fourth-order valence-electron chi connectivity index (χ4n) is 1.71. The molecule has 1 heterocycles. The van der Waals surface area contributed by atoms with Gasteiger partial charge in [0, 0.05) is 18.1 Å². The molecule has 0 unspecified atom stereocenters. The highest BCUT2D eigenvalue weighted by molar-refractivity contribution is 7.09. The second-order valence-corrected chi connectivity index (χ2v) is 5.28. The van der Waals surface area contributed by atoms with Gasteiger partial charge in [0.05, 0.1) is 11.4 Å². The van der Waals surface area contributed by atoms with E-state index in [4.69, 9.17) is 0 Å². The zero-order valence-electron chi connectivity index (χ0n) is 11.3. The van der Waals surface area contributed by atoms with E-state index in [2.05, 4.69) is 15.6 Å². The normalized spacial score (nSPS) is 10.1. The molecular formula is C14H15N3O2S. The molecule has 104 valence electrons. The molecule has 0 aliphatic rings. The van der Waals surface area contributed by atoms with Crippen LogP contribution in [0.1, 0.15) is 21.1 Å². The van der Waals surface area contributed by atoms with Crippen molar-refractivity contribution in [3.05, 3.63) is 45.9 Å². The average Bonchev–Trinajstić information content (AvgIpc) is 2.87. The summed E-state index contributed by atoms with van der Waals surface area (Å²) in [6.07, 6.45) is 0.225. The number of hydrogen-bond donors (Lipinski definition) is 2. The summed E-state index contributed by atoms with van der Waals surface area (Å²) in [6.45, 7) is 1.85. The van der Waals surface area contributed by atoms with Gasteiger partial charge in [0.15, 0.2) is 0 Å². The van der Waals surface area contributed by atoms with Gasteiger partial charge in [0.1, 0.15) is 5.69 Å². The van der Waals surface area contributed by atoms with Gasteiger partial charge in [-0.15, -0.1) is 11.3 Å². The van der Waals surface area contributed by atoms with Gasteiger partial charge in [-0.05, 0) is 18.6 Å². The largest absolute Gasteiger partial charge is 0.359 e. The van der Waals surface area contributed by atoms with Crippen LogP contribution >= 0.6 is 11.3 Å². The lowest BCUT2D eigenvalue weighted by Gasteiger charge is -2.09. The molecule has 2 rings (SSSR count). The van der Waals surface area contributed by atoms with Crippen LogP contribution in [0.2, 0.25) is 0 Å². The average molecular weight is 289 g/mol. The lowest BCUT2D eigenvalue weighted by molar-refractivity contribution is -0.119. The maximum atomic E-state index is 12.1. The first-order chi connectivity index (χ1) is 9.60. The van der Waals surface area contributed by atoms with E-state index in [-0.39, 0.29) is 18.2 Å². The molecule has 1 aromatic carbocycles. The van der Waals surface area contributed by atoms with E-state index in [9.17, 15) is 9.59 Å². The SMILES string of the molecule is CNC(=O)Cc1ccccc1NC(=O)c1csc(C)n1. The van der Waals surface area contributed by atoms with E-state index < -0.39 is 0 Å². The number of thiazole rings is 1. The third-order valence-electron chi connectivity index (χ3n) is 2.75. The van der Waals surface area contributed by atoms with Crippen molar-refractivity contribution < 1.29 is 9.59 Å². The van der Waals surface area contributed by atoms with Gasteiger partial charge in [-0.1, -0.05) is 18.2 Å². The zero-order valence-corrected chi connectivity index (χ0v) is 12.1. The van der Waals surface area contributed by atoms with Crippen molar-refractivity contribution in [1.29, 1.82) is 0 Å². The number of nitrogens with zero attached hydrogens (tertiary/aromatic N) is 1. The number of aryl methyl sites for hydroxylation is 1. The van der Waals surface area contributed by atoms with Crippen molar-refractivity contribution in [2.45, 2.75) is 13.3 Å². The van der Waals surface area contributed by atoms with E-state index in [1.165, 1.54) is 11.3 Å². The van der Waals surface area contributed by atoms with Crippen molar-refractivity contribution in [1.82, 2.24) is 10.3 Å². The summed E-state index contributed by atoms with van der Waals surface area (Å²) >= 11 is 1.43. The third kappa shape index (κ3) is 3.42. The number of benzene rings is 1. The van der Waals surface area contributed by atoms with Crippen LogP contribution in [-0.4, -0.2) is 23.8 Å². The molecule has 0 aliphatic carbocycles. The first-order valence-electron chi connectivity index (χ1n) is 6.12. The number of amides is 2. The van der Waals surface area contributed by atoms with E-state index in [1.807, 2.05) is 25.1 Å². The Bertz CT molecular complexity index is 637. The van der Waals surface area contributed by atoms with E-state index in [1.54, 1.807) is 18.5 Å². The Labute approximate surface area is 121 Å². The minimum Gasteiger partial charge on any atom is -0.359 e. The predicted octanol–water partition coefficient (Wildman–Crippen LogP) is 1.99. The molecule has 0 fully saturated rings. The van der Waals surface area contributed by atoms with Crippen molar-refractivity contribution in [2.75, 3.05) is 12.4 Å². The molecule has 2 N–H and O–H groups in total. The summed E-state index contributed by atoms with van der Waals surface area (Å²) in [5.74, 6) is -0.366. The van der Waals surface area contributed by atoms with Crippen LogP contribution in [0.15, 0.2) is 29.6 Å². The van der Waals surface area contributed by atoms with Crippen LogP contribution in [0.3, 0.4) is 0 Å². The molecule has 0 spiro atoms. The fourth-order valence-corrected chi connectivity index (χ4v) is 2.30. The van der Waals surface area contributed by atoms with Gasteiger partial charge in [-0.25, -0.2) is 4.98 Å². The molecular weight excluding hydrogens is 274 g/mol. The lowest BCUT2D eigenvalue weighted by Crippen LogP contribution is -2.21. The van der Waals surface area contributed by atoms with Crippen LogP contribution in [0, 0.1) is 6.92 Å². The molecule has 2 amide bonds. The number of hydrogen-bond acceptors (Lipinski definition) is 4. The first-order valence-corrected chi connectivity index (χ1v) is 7.00. The minimum absolute atomic E-state index is 0.101. The summed E-state index contributed by atoms with van der Waals surface area (Å²) in [5.41, 5.74) is 1.79. The number of carbonyl (C=O) groups is 2. The maximum Gasteiger partial charge on any atom is 0.275 e. The quantitative estimate of drug-likeness (QED) is 0.904. The molecule has 2 aromatic rings. The summed E-state index contributed by atoms with van der Waals surface area (Å²) < 4.78 is 0. The van der Waals surface area contributed by atoms with Crippen LogP contribution in [-0.2, 0) is 11.2 Å². The highest BCUT2D eigenvalue weighted by Crippen LogP contribution is 2.17. The van der Waals surface area contributed by atoms with Gasteiger partial charge < -0.3 is 10.6 Å². The first kappa shape index (κ1) is 14.2. The summed E-state index contributed by atoms with van der Waals surface area (Å²) in [6, 6.07) is 7.24. The number of carbonyl (C=O) groups excluding carboxylic acids is 2. The topological polar surface area (TPSA) is 71.1 Å². The Morgan fingerprint density at radius 2 is 2.05 bits per heavy atom. The smallest absolute Gasteiger partial charge is 0.275 e. The second-order valence-electron chi connectivity index (χ2n) is 4.21. The van der Waals surface area contributed by atoms with Crippen molar-refractivity contribution in [3.8, 4) is 0 Å². The van der Waals surface area contributed by atoms with Gasteiger partial charge in [-0.2, -0.15) is 0 Å². The number of rotatable bonds is 4. The number of aromatic nitrogens is 1. The zero-order chi connectivity index (χ0) is 14.5. The van der Waals surface area contributed by atoms with Crippen LogP contribution < -0.4 is 10.6 Å². The molecule has 0 saturated heterocycles. The standard InChI is InChI=1S/C14H15N3O2S/c1-9-16-12(8-20-9)14(19)17-11-6-4-3-5-10(11)7-13(18)15-2/h3-6,8H,7H2,1-2H3,(H,15,18)(H,17,19). The number of likely N-dealkylation sites (N-methyl/N-ethyl adjacent to an activating group) is 1. The summed E-state index contributed by atoms with van der Waals surface area (Å²) in [4.78, 5) is 27.7. The van der Waals surface area contributed by atoms with Crippen molar-refractivity contribution in [2.24, 2.45) is 0 Å². The Morgan fingerprint density at radius 1 is 1.30 bits per heavy atom. The van der Waals surface area contributed by atoms with Crippen LogP contribution in [0.4, 0.5) is 5.69 Å². The molecule has 0 atom stereocenters. The van der Waals surface area contributed by atoms with Gasteiger partial charge in [0.25, 0.3) is 5.91 Å². The highest BCUT2D eigenvalue weighted by Gasteiger charge is 2.12. The van der Waals surface area contributed by atoms with Crippen LogP contribution in [0.5, 0.6) is 0 Å². The third-order valence-corrected chi connectivity index (χ3v) is 3.52. The monoisotopic (exact) mass is 289 g/mol. The van der Waals surface area contributed by atoms with E-state index >= 15 is 0 Å². The number of nitrogens with one attached hydrogen (secondary N) is 2. The number of anilines is 1. The molecule has 6 heteroatoms. The lowest BCUT2D eigenvalue weighted by atomic mass is 10.1. The number of para-hydroxylation sites is 1. The molecule has 1 aromatic heterocycles. The van der Waals surface area contributed by atoms with Crippen molar-refractivity contribution >= 4 is 28.8 Å². The van der Waals surface area contributed by atoms with Crippen LogP contribution in [0.25, 0.3) is 0 Å². The Balaban J connectivity index is 2.16. The van der Waals surface area contributed by atoms with Crippen molar-refractivity contribution in [3.63, 3.8) is 0 Å². The molecule has 0 saturated carbocycles. The molecule has 20 heavy (non-hydrogen) atoms.